The van der Waals surface area contributed by atoms with Crippen LogP contribution in [0.4, 0.5) is 4.79 Å². The molecule has 0 radical (unpaired) electrons. The number of carbonyl (C=O) groups excluding carboxylic acids is 3. The molecule has 0 bridgehead atoms. The second kappa shape index (κ2) is 41.2. The number of hydrogen-bond donors (Lipinski definition) is 1. The highest BCUT2D eigenvalue weighted by molar-refractivity contribution is 5.70. The smallest absolute Gasteiger partial charge is 0.407 e. The van der Waals surface area contributed by atoms with Gasteiger partial charge in [0.1, 0.15) is 19.8 Å². The van der Waals surface area contributed by atoms with Gasteiger partial charge in [-0.15, -0.1) is 0 Å². The van der Waals surface area contributed by atoms with Crippen molar-refractivity contribution < 1.29 is 38.1 Å². The monoisotopic (exact) mass is 897 g/mol. The molecule has 0 unspecified atom stereocenters. The number of likely N-dealkylation sites (tertiary alicyclic amines) is 1. The number of alkyl carbamates (subject to hydrolysis) is 1. The molecule has 1 amide bonds. The summed E-state index contributed by atoms with van der Waals surface area (Å²) in [6.45, 7) is 11.6. The van der Waals surface area contributed by atoms with Gasteiger partial charge in [0, 0.05) is 39.1 Å². The number of esters is 2. The Morgan fingerprint density at radius 3 is 1.58 bits per heavy atom. The van der Waals surface area contributed by atoms with E-state index in [4.69, 9.17) is 23.7 Å². The van der Waals surface area contributed by atoms with Crippen LogP contribution in [0.15, 0.2) is 42.5 Å². The molecule has 0 spiro atoms. The summed E-state index contributed by atoms with van der Waals surface area (Å²) in [7, 11) is 0. The molecule has 1 heterocycles. The highest BCUT2D eigenvalue weighted by atomic mass is 16.7. The molecule has 1 saturated heterocycles. The van der Waals surface area contributed by atoms with Crippen molar-refractivity contribution in [2.75, 3.05) is 39.4 Å². The number of ether oxygens (including phenoxy) is 5. The minimum Gasteiger partial charge on any atom is -0.461 e. The maximum atomic E-state index is 13.1. The highest BCUT2D eigenvalue weighted by Gasteiger charge is 2.16. The van der Waals surface area contributed by atoms with E-state index in [0.717, 1.165) is 101 Å². The van der Waals surface area contributed by atoms with Gasteiger partial charge in [-0.1, -0.05) is 141 Å². The van der Waals surface area contributed by atoms with Crippen LogP contribution in [0.3, 0.4) is 0 Å². The first-order valence-electron chi connectivity index (χ1n) is 26.0. The summed E-state index contributed by atoms with van der Waals surface area (Å²) in [5.74, 6) is -0.564. The zero-order valence-electron chi connectivity index (χ0n) is 41.0. The lowest BCUT2D eigenvalue weighted by molar-refractivity contribution is -0.160. The van der Waals surface area contributed by atoms with Crippen LogP contribution in [0.1, 0.15) is 217 Å². The molecule has 0 atom stereocenters. The first-order chi connectivity index (χ1) is 31.4. The molecule has 1 N–H and O–H groups in total. The summed E-state index contributed by atoms with van der Waals surface area (Å²) < 4.78 is 29.3. The van der Waals surface area contributed by atoms with E-state index in [1.807, 2.05) is 18.2 Å². The molecule has 1 aliphatic rings. The number of unbranched alkanes of at least 4 members (excludes halogenated alkanes) is 18. The van der Waals surface area contributed by atoms with Crippen LogP contribution in [-0.2, 0) is 53.1 Å². The van der Waals surface area contributed by atoms with Crippen molar-refractivity contribution in [3.63, 3.8) is 0 Å². The Hall–Kier alpha value is -3.21. The summed E-state index contributed by atoms with van der Waals surface area (Å²) in [6, 6.07) is 5.63. The first-order valence-corrected chi connectivity index (χ1v) is 26.0. The van der Waals surface area contributed by atoms with E-state index in [9.17, 15) is 14.4 Å². The van der Waals surface area contributed by atoms with Gasteiger partial charge in [-0.3, -0.25) is 9.59 Å². The van der Waals surface area contributed by atoms with Crippen LogP contribution in [-0.4, -0.2) is 68.6 Å². The van der Waals surface area contributed by atoms with Gasteiger partial charge >= 0.3 is 18.0 Å². The molecule has 2 rings (SSSR count). The predicted molar refractivity (Wildman–Crippen MR) is 261 cm³/mol. The largest absolute Gasteiger partial charge is 0.461 e. The molecule has 1 aromatic carbocycles. The molecule has 1 aromatic rings. The van der Waals surface area contributed by atoms with E-state index >= 15 is 0 Å². The van der Waals surface area contributed by atoms with Crippen LogP contribution in [0.5, 0.6) is 0 Å². The third kappa shape index (κ3) is 33.3. The second-order valence-electron chi connectivity index (χ2n) is 17.8. The summed E-state index contributed by atoms with van der Waals surface area (Å²) in [5, 5.41) is 2.85. The highest BCUT2D eigenvalue weighted by Crippen LogP contribution is 2.18. The van der Waals surface area contributed by atoms with Crippen LogP contribution < -0.4 is 5.32 Å². The summed E-state index contributed by atoms with van der Waals surface area (Å²) in [5.41, 5.74) is 2.22. The number of nitrogens with zero attached hydrogens (tertiary/aromatic N) is 1. The predicted octanol–water partition coefficient (Wildman–Crippen LogP) is 13.8. The lowest BCUT2D eigenvalue weighted by atomic mass is 10.1. The van der Waals surface area contributed by atoms with Crippen molar-refractivity contribution >= 4 is 18.0 Å². The summed E-state index contributed by atoms with van der Waals surface area (Å²) in [4.78, 5) is 40.7. The maximum absolute atomic E-state index is 13.1. The Morgan fingerprint density at radius 1 is 0.562 bits per heavy atom. The van der Waals surface area contributed by atoms with Crippen LogP contribution in [0.2, 0.25) is 0 Å². The average Bonchev–Trinajstić information content (AvgIpc) is 3.82. The van der Waals surface area contributed by atoms with Crippen molar-refractivity contribution in [1.82, 2.24) is 10.2 Å². The van der Waals surface area contributed by atoms with E-state index in [1.54, 1.807) is 0 Å². The fraction of sp³-hybridized carbons (Fsp3) is 0.759. The van der Waals surface area contributed by atoms with Crippen molar-refractivity contribution in [2.24, 2.45) is 0 Å². The quantitative estimate of drug-likeness (QED) is 0.0225. The van der Waals surface area contributed by atoms with Crippen molar-refractivity contribution in [3.8, 4) is 0 Å². The third-order valence-corrected chi connectivity index (χ3v) is 11.7. The summed E-state index contributed by atoms with van der Waals surface area (Å²) >= 11 is 0. The molecule has 1 aliphatic heterocycles. The van der Waals surface area contributed by atoms with Crippen LogP contribution >= 0.6 is 0 Å². The molecule has 0 aliphatic carbocycles. The first kappa shape index (κ1) is 56.9. The van der Waals surface area contributed by atoms with Crippen LogP contribution in [0.25, 0.3) is 0 Å². The Balaban J connectivity index is 1.85. The zero-order chi connectivity index (χ0) is 46.0. The van der Waals surface area contributed by atoms with Crippen molar-refractivity contribution in [2.45, 2.75) is 227 Å². The van der Waals surface area contributed by atoms with Gasteiger partial charge in [0.15, 0.2) is 6.29 Å². The van der Waals surface area contributed by atoms with Crippen molar-refractivity contribution in [3.05, 3.63) is 59.2 Å². The maximum Gasteiger partial charge on any atom is 0.407 e. The van der Waals surface area contributed by atoms with Gasteiger partial charge in [-0.25, -0.2) is 4.79 Å². The molecular formula is C54H92N2O8. The van der Waals surface area contributed by atoms with Gasteiger partial charge in [-0.2, -0.15) is 0 Å². The molecule has 64 heavy (non-hydrogen) atoms. The molecule has 366 valence electrons. The third-order valence-electron chi connectivity index (χ3n) is 11.7. The molecule has 0 saturated carbocycles. The van der Waals surface area contributed by atoms with Gasteiger partial charge in [0.25, 0.3) is 0 Å². The van der Waals surface area contributed by atoms with Gasteiger partial charge in [0.05, 0.1) is 6.42 Å². The topological polar surface area (TPSA) is 113 Å². The SMILES string of the molecule is CCCCC/C=C\C/C=C\CCCCCCCC(=O)OCc1cc(COC(=O)CCC(OCCCCCCCC)OCCCCCCCC)cc(COC(=O)NCCN2CCCC2)c1. The summed E-state index contributed by atoms with van der Waals surface area (Å²) in [6.07, 6.45) is 38.2. The number of rotatable bonds is 42. The van der Waals surface area contributed by atoms with Gasteiger partial charge in [0.2, 0.25) is 0 Å². The lowest BCUT2D eigenvalue weighted by Gasteiger charge is -2.19. The zero-order valence-corrected chi connectivity index (χ0v) is 41.0. The van der Waals surface area contributed by atoms with E-state index < -0.39 is 12.4 Å². The van der Waals surface area contributed by atoms with E-state index in [2.05, 4.69) is 55.3 Å². The normalized spacial score (nSPS) is 13.1. The van der Waals surface area contributed by atoms with Gasteiger partial charge < -0.3 is 33.9 Å². The fourth-order valence-electron chi connectivity index (χ4n) is 7.81. The van der Waals surface area contributed by atoms with E-state index in [0.29, 0.717) is 32.6 Å². The molecule has 10 nitrogen and oxygen atoms in total. The van der Waals surface area contributed by atoms with Crippen LogP contribution in [0, 0.1) is 0 Å². The van der Waals surface area contributed by atoms with E-state index in [1.165, 1.54) is 96.3 Å². The molecule has 10 heteroatoms. The number of amides is 1. The number of carbonyl (C=O) groups is 3. The Labute approximate surface area is 390 Å². The minimum atomic E-state index is -0.478. The standard InChI is InChI=1S/C54H92N2O8/c1-4-7-10-13-16-17-18-19-20-21-22-23-24-25-28-33-51(57)62-45-48-42-49(44-50(43-48)47-64-54(59)55-36-39-56-37-29-30-38-56)46-63-52(58)34-35-53(60-40-31-26-14-11-8-5-2)61-41-32-27-15-12-9-6-3/h16-17,19-20,42-44,53H,4-15,18,21-41,45-47H2,1-3H3,(H,55,59)/b17-16-,20-19-. The molecule has 0 aromatic heterocycles. The average molecular weight is 897 g/mol. The van der Waals surface area contributed by atoms with E-state index in [-0.39, 0.29) is 38.2 Å². The Bertz CT molecular complexity index is 1340. The number of benzene rings is 1. The Kier molecular flexibility index (Phi) is 36.7. The number of allylic oxidation sites excluding steroid dienone is 4. The van der Waals surface area contributed by atoms with Crippen molar-refractivity contribution in [1.29, 1.82) is 0 Å². The minimum absolute atomic E-state index is 0.0395. The molecular weight excluding hydrogens is 805 g/mol. The fourth-order valence-corrected chi connectivity index (χ4v) is 7.81. The number of hydrogen-bond acceptors (Lipinski definition) is 9. The second-order valence-corrected chi connectivity index (χ2v) is 17.8. The molecule has 1 fully saturated rings. The Morgan fingerprint density at radius 2 is 1.02 bits per heavy atom. The number of nitrogens with one attached hydrogen (secondary N) is 1. The lowest BCUT2D eigenvalue weighted by Crippen LogP contribution is -2.33. The van der Waals surface area contributed by atoms with Gasteiger partial charge in [-0.05, 0) is 112 Å².